The van der Waals surface area contributed by atoms with Crippen molar-refractivity contribution in [2.45, 2.75) is 58.1 Å². The second-order valence-electron chi connectivity index (χ2n) is 6.58. The van der Waals surface area contributed by atoms with Crippen molar-refractivity contribution in [1.82, 2.24) is 0 Å². The summed E-state index contributed by atoms with van der Waals surface area (Å²) in [6.45, 7) is 9.41. The minimum atomic E-state index is 0.0789. The highest BCUT2D eigenvalue weighted by molar-refractivity contribution is 4.93. The fourth-order valence-electron chi connectivity index (χ4n) is 3.36. The Morgan fingerprint density at radius 2 is 1.78 bits per heavy atom. The van der Waals surface area contributed by atoms with E-state index in [-0.39, 0.29) is 5.60 Å². The third kappa shape index (κ3) is 3.06. The molecular formula is C15H29NO2. The minimum Gasteiger partial charge on any atom is -0.381 e. The van der Waals surface area contributed by atoms with Gasteiger partial charge in [-0.25, -0.2) is 0 Å². The number of ether oxygens (including phenoxy) is 2. The van der Waals surface area contributed by atoms with E-state index < -0.39 is 0 Å². The highest BCUT2D eigenvalue weighted by Crippen LogP contribution is 2.39. The highest BCUT2D eigenvalue weighted by Gasteiger charge is 2.41. The largest absolute Gasteiger partial charge is 0.381 e. The molecule has 3 nitrogen and oxygen atoms in total. The Balaban J connectivity index is 1.97. The van der Waals surface area contributed by atoms with Crippen molar-refractivity contribution in [3.05, 3.63) is 0 Å². The van der Waals surface area contributed by atoms with Crippen LogP contribution in [-0.4, -0.2) is 31.5 Å². The average molecular weight is 255 g/mol. The highest BCUT2D eigenvalue weighted by atomic mass is 16.5. The quantitative estimate of drug-likeness (QED) is 0.843. The van der Waals surface area contributed by atoms with Crippen molar-refractivity contribution in [3.63, 3.8) is 0 Å². The molecule has 3 unspecified atom stereocenters. The molecule has 3 heteroatoms. The van der Waals surface area contributed by atoms with E-state index in [9.17, 15) is 0 Å². The van der Waals surface area contributed by atoms with Crippen LogP contribution in [0.25, 0.3) is 0 Å². The summed E-state index contributed by atoms with van der Waals surface area (Å²) in [4.78, 5) is 0. The van der Waals surface area contributed by atoms with E-state index in [1.807, 2.05) is 0 Å². The normalized spacial score (nSPS) is 31.5. The van der Waals surface area contributed by atoms with Gasteiger partial charge in [0.2, 0.25) is 0 Å². The van der Waals surface area contributed by atoms with Gasteiger partial charge < -0.3 is 15.2 Å². The molecule has 0 aromatic carbocycles. The Kier molecular flexibility index (Phi) is 4.68. The number of hydrogen-bond acceptors (Lipinski definition) is 3. The van der Waals surface area contributed by atoms with Gasteiger partial charge >= 0.3 is 0 Å². The second kappa shape index (κ2) is 5.89. The van der Waals surface area contributed by atoms with E-state index in [4.69, 9.17) is 15.2 Å². The molecule has 2 rings (SSSR count). The first-order chi connectivity index (χ1) is 8.54. The summed E-state index contributed by atoms with van der Waals surface area (Å²) in [5.41, 5.74) is 6.57. The Bertz CT molecular complexity index is 256. The molecule has 0 aromatic heterocycles. The predicted octanol–water partition coefficient (Wildman–Crippen LogP) is 2.58. The molecule has 106 valence electrons. The van der Waals surface area contributed by atoms with E-state index in [0.29, 0.717) is 23.8 Å². The standard InChI is InChI=1S/C15H29NO2/c1-11(2)12(3)14(16)13-4-7-18-15(10-13)5-8-17-9-6-15/h11-14H,4-10,16H2,1-3H3. The summed E-state index contributed by atoms with van der Waals surface area (Å²) >= 11 is 0. The summed E-state index contributed by atoms with van der Waals surface area (Å²) in [5, 5.41) is 0. The molecule has 2 saturated heterocycles. The summed E-state index contributed by atoms with van der Waals surface area (Å²) < 4.78 is 11.6. The van der Waals surface area contributed by atoms with E-state index in [2.05, 4.69) is 20.8 Å². The van der Waals surface area contributed by atoms with Gasteiger partial charge in [0.25, 0.3) is 0 Å². The van der Waals surface area contributed by atoms with Crippen LogP contribution in [0.4, 0.5) is 0 Å². The van der Waals surface area contributed by atoms with Gasteiger partial charge in [0.05, 0.1) is 5.60 Å². The van der Waals surface area contributed by atoms with Gasteiger partial charge in [-0.3, -0.25) is 0 Å². The Hall–Kier alpha value is -0.120. The van der Waals surface area contributed by atoms with Crippen molar-refractivity contribution < 1.29 is 9.47 Å². The van der Waals surface area contributed by atoms with E-state index in [1.165, 1.54) is 0 Å². The van der Waals surface area contributed by atoms with Crippen LogP contribution >= 0.6 is 0 Å². The van der Waals surface area contributed by atoms with Crippen LogP contribution in [0.3, 0.4) is 0 Å². The van der Waals surface area contributed by atoms with Crippen molar-refractivity contribution in [2.75, 3.05) is 19.8 Å². The molecule has 0 aromatic rings. The molecule has 0 amide bonds. The van der Waals surface area contributed by atoms with Crippen LogP contribution in [0.2, 0.25) is 0 Å². The third-order valence-corrected chi connectivity index (χ3v) is 5.14. The van der Waals surface area contributed by atoms with Crippen LogP contribution in [0.1, 0.15) is 46.5 Å². The molecule has 0 saturated carbocycles. The molecule has 2 aliphatic rings. The van der Waals surface area contributed by atoms with Crippen molar-refractivity contribution in [3.8, 4) is 0 Å². The van der Waals surface area contributed by atoms with Crippen LogP contribution in [-0.2, 0) is 9.47 Å². The second-order valence-corrected chi connectivity index (χ2v) is 6.58. The molecule has 2 heterocycles. The topological polar surface area (TPSA) is 44.5 Å². The monoisotopic (exact) mass is 255 g/mol. The SMILES string of the molecule is CC(C)C(C)C(N)C1CCOC2(CCOCC2)C1. The molecule has 3 atom stereocenters. The molecule has 0 radical (unpaired) electrons. The predicted molar refractivity (Wildman–Crippen MR) is 73.4 cm³/mol. The zero-order valence-electron chi connectivity index (χ0n) is 12.2. The van der Waals surface area contributed by atoms with Crippen molar-refractivity contribution in [1.29, 1.82) is 0 Å². The molecule has 0 aliphatic carbocycles. The van der Waals surface area contributed by atoms with Gasteiger partial charge in [-0.05, 0) is 43.4 Å². The summed E-state index contributed by atoms with van der Waals surface area (Å²) in [6.07, 6.45) is 4.36. The van der Waals surface area contributed by atoms with Gasteiger partial charge in [-0.15, -0.1) is 0 Å². The first-order valence-corrected chi connectivity index (χ1v) is 7.51. The summed E-state index contributed by atoms with van der Waals surface area (Å²) in [6, 6.07) is 0.314. The van der Waals surface area contributed by atoms with Gasteiger partial charge in [-0.2, -0.15) is 0 Å². The maximum absolute atomic E-state index is 6.50. The lowest BCUT2D eigenvalue weighted by atomic mass is 9.73. The molecule has 1 spiro atoms. The zero-order chi connectivity index (χ0) is 13.2. The Morgan fingerprint density at radius 3 is 2.39 bits per heavy atom. The number of hydrogen-bond donors (Lipinski definition) is 1. The average Bonchev–Trinajstić information content (AvgIpc) is 2.38. The summed E-state index contributed by atoms with van der Waals surface area (Å²) in [7, 11) is 0. The number of nitrogens with two attached hydrogens (primary N) is 1. The van der Waals surface area contributed by atoms with Crippen LogP contribution < -0.4 is 5.73 Å². The van der Waals surface area contributed by atoms with Gasteiger partial charge in [-0.1, -0.05) is 20.8 Å². The van der Waals surface area contributed by atoms with Crippen LogP contribution in [0.15, 0.2) is 0 Å². The minimum absolute atomic E-state index is 0.0789. The number of rotatable bonds is 3. The van der Waals surface area contributed by atoms with Gasteiger partial charge in [0, 0.05) is 25.9 Å². The molecular weight excluding hydrogens is 226 g/mol. The van der Waals surface area contributed by atoms with E-state index in [0.717, 1.165) is 45.5 Å². The smallest absolute Gasteiger partial charge is 0.0729 e. The van der Waals surface area contributed by atoms with E-state index >= 15 is 0 Å². The molecule has 2 fully saturated rings. The Labute approximate surface area is 111 Å². The lowest BCUT2D eigenvalue weighted by molar-refractivity contribution is -0.150. The Morgan fingerprint density at radius 1 is 1.11 bits per heavy atom. The molecule has 2 aliphatic heterocycles. The van der Waals surface area contributed by atoms with Crippen molar-refractivity contribution in [2.24, 2.45) is 23.5 Å². The lowest BCUT2D eigenvalue weighted by Gasteiger charge is -2.46. The lowest BCUT2D eigenvalue weighted by Crippen LogP contribution is -2.50. The summed E-state index contributed by atoms with van der Waals surface area (Å²) in [5.74, 6) is 1.87. The molecule has 2 N–H and O–H groups in total. The molecule has 0 bridgehead atoms. The van der Waals surface area contributed by atoms with E-state index in [1.54, 1.807) is 0 Å². The fourth-order valence-corrected chi connectivity index (χ4v) is 3.36. The maximum Gasteiger partial charge on any atom is 0.0729 e. The van der Waals surface area contributed by atoms with Crippen LogP contribution in [0.5, 0.6) is 0 Å². The zero-order valence-corrected chi connectivity index (χ0v) is 12.2. The third-order valence-electron chi connectivity index (χ3n) is 5.14. The molecule has 18 heavy (non-hydrogen) atoms. The van der Waals surface area contributed by atoms with Gasteiger partial charge in [0.1, 0.15) is 0 Å². The van der Waals surface area contributed by atoms with Crippen LogP contribution in [0, 0.1) is 17.8 Å². The first kappa shape index (κ1) is 14.3. The first-order valence-electron chi connectivity index (χ1n) is 7.51. The van der Waals surface area contributed by atoms with Crippen molar-refractivity contribution >= 4 is 0 Å². The fraction of sp³-hybridized carbons (Fsp3) is 1.00. The maximum atomic E-state index is 6.50. The van der Waals surface area contributed by atoms with Gasteiger partial charge in [0.15, 0.2) is 0 Å².